The maximum Gasteiger partial charge on any atom is 0.229 e. The highest BCUT2D eigenvalue weighted by Gasteiger charge is 2.45. The number of carbonyl (C=O) groups is 1. The predicted molar refractivity (Wildman–Crippen MR) is 74.4 cm³/mol. The molecule has 2 fully saturated rings. The molecular formula is C15H28N2O. The molecule has 1 N–H and O–H groups in total. The van der Waals surface area contributed by atoms with Crippen molar-refractivity contribution < 1.29 is 4.79 Å². The molecule has 0 unspecified atom stereocenters. The van der Waals surface area contributed by atoms with E-state index in [-0.39, 0.29) is 5.41 Å². The van der Waals surface area contributed by atoms with Crippen LogP contribution in [0.1, 0.15) is 52.9 Å². The maximum absolute atomic E-state index is 13.0. The Morgan fingerprint density at radius 1 is 1.33 bits per heavy atom. The van der Waals surface area contributed by atoms with Gasteiger partial charge in [-0.25, -0.2) is 0 Å². The summed E-state index contributed by atoms with van der Waals surface area (Å²) in [5.41, 5.74) is -0.0280. The van der Waals surface area contributed by atoms with E-state index in [9.17, 15) is 4.79 Å². The third-order valence-electron chi connectivity index (χ3n) is 4.62. The Morgan fingerprint density at radius 3 is 2.33 bits per heavy atom. The molecule has 0 spiro atoms. The summed E-state index contributed by atoms with van der Waals surface area (Å²) in [4.78, 5) is 15.1. The number of likely N-dealkylation sites (N-methyl/N-ethyl adjacent to an activating group) is 1. The van der Waals surface area contributed by atoms with Crippen LogP contribution in [-0.2, 0) is 4.79 Å². The molecule has 0 radical (unpaired) electrons. The molecule has 3 heteroatoms. The molecule has 0 bridgehead atoms. The van der Waals surface area contributed by atoms with Crippen LogP contribution in [0.15, 0.2) is 0 Å². The number of nitrogens with zero attached hydrogens (tertiary/aromatic N) is 1. The Labute approximate surface area is 111 Å². The van der Waals surface area contributed by atoms with E-state index < -0.39 is 0 Å². The molecular weight excluding hydrogens is 224 g/mol. The summed E-state index contributed by atoms with van der Waals surface area (Å²) in [6, 6.07) is 0.451. The Hall–Kier alpha value is -0.570. The van der Waals surface area contributed by atoms with Gasteiger partial charge < -0.3 is 10.2 Å². The highest BCUT2D eigenvalue weighted by Crippen LogP contribution is 2.45. The van der Waals surface area contributed by atoms with Crippen LogP contribution < -0.4 is 5.32 Å². The van der Waals surface area contributed by atoms with Crippen LogP contribution in [0.2, 0.25) is 0 Å². The summed E-state index contributed by atoms with van der Waals surface area (Å²) in [7, 11) is 0. The second kappa shape index (κ2) is 5.60. The quantitative estimate of drug-likeness (QED) is 0.815. The summed E-state index contributed by atoms with van der Waals surface area (Å²) in [5, 5.41) is 3.28. The predicted octanol–water partition coefficient (Wildman–Crippen LogP) is 2.41. The molecule has 1 heterocycles. The SMILES string of the molecule is CCN(C(=O)C1(CC(C)C)CCCC1)C1CNC1. The minimum absolute atomic E-state index is 0.0280. The van der Waals surface area contributed by atoms with Gasteiger partial charge in [0.2, 0.25) is 5.91 Å². The fourth-order valence-electron chi connectivity index (χ4n) is 3.70. The number of hydrogen-bond donors (Lipinski definition) is 1. The number of amides is 1. The smallest absolute Gasteiger partial charge is 0.229 e. The lowest BCUT2D eigenvalue weighted by Crippen LogP contribution is -2.61. The highest BCUT2D eigenvalue weighted by molar-refractivity contribution is 5.83. The van der Waals surface area contributed by atoms with E-state index in [1.165, 1.54) is 12.8 Å². The fraction of sp³-hybridized carbons (Fsp3) is 0.933. The normalized spacial score (nSPS) is 23.1. The lowest BCUT2D eigenvalue weighted by molar-refractivity contribution is -0.146. The summed E-state index contributed by atoms with van der Waals surface area (Å²) in [5.74, 6) is 1.06. The minimum atomic E-state index is -0.0280. The van der Waals surface area contributed by atoms with Gasteiger partial charge in [-0.2, -0.15) is 0 Å². The summed E-state index contributed by atoms with van der Waals surface area (Å²) >= 11 is 0. The van der Waals surface area contributed by atoms with E-state index in [4.69, 9.17) is 0 Å². The molecule has 18 heavy (non-hydrogen) atoms. The largest absolute Gasteiger partial charge is 0.337 e. The van der Waals surface area contributed by atoms with Crippen LogP contribution in [-0.4, -0.2) is 36.5 Å². The van der Waals surface area contributed by atoms with Gasteiger partial charge in [-0.3, -0.25) is 4.79 Å². The van der Waals surface area contributed by atoms with Crippen molar-refractivity contribution in [3.05, 3.63) is 0 Å². The van der Waals surface area contributed by atoms with Gasteiger partial charge in [0, 0.05) is 25.0 Å². The first-order valence-electron chi connectivity index (χ1n) is 7.61. The van der Waals surface area contributed by atoms with Gasteiger partial charge in [-0.05, 0) is 32.1 Å². The van der Waals surface area contributed by atoms with Gasteiger partial charge in [0.05, 0.1) is 6.04 Å². The lowest BCUT2D eigenvalue weighted by atomic mass is 9.77. The van der Waals surface area contributed by atoms with E-state index >= 15 is 0 Å². The molecule has 1 saturated carbocycles. The molecule has 1 aliphatic carbocycles. The van der Waals surface area contributed by atoms with Gasteiger partial charge >= 0.3 is 0 Å². The Kier molecular flexibility index (Phi) is 4.31. The fourth-order valence-corrected chi connectivity index (χ4v) is 3.70. The second-order valence-electron chi connectivity index (χ2n) is 6.49. The first kappa shape index (κ1) is 13.9. The van der Waals surface area contributed by atoms with Crippen LogP contribution in [0, 0.1) is 11.3 Å². The molecule has 1 aliphatic heterocycles. The lowest BCUT2D eigenvalue weighted by Gasteiger charge is -2.43. The van der Waals surface area contributed by atoms with Crippen molar-refractivity contribution in [2.45, 2.75) is 58.9 Å². The third kappa shape index (κ3) is 2.56. The Morgan fingerprint density at radius 2 is 1.94 bits per heavy atom. The van der Waals surface area contributed by atoms with E-state index in [0.29, 0.717) is 17.9 Å². The van der Waals surface area contributed by atoms with Crippen LogP contribution >= 0.6 is 0 Å². The van der Waals surface area contributed by atoms with Gasteiger partial charge in [-0.1, -0.05) is 26.7 Å². The molecule has 3 nitrogen and oxygen atoms in total. The van der Waals surface area contributed by atoms with E-state index in [1.807, 2.05) is 0 Å². The monoisotopic (exact) mass is 252 g/mol. The van der Waals surface area contributed by atoms with Crippen LogP contribution in [0.25, 0.3) is 0 Å². The Bertz CT molecular complexity index is 291. The van der Waals surface area contributed by atoms with Crippen molar-refractivity contribution in [2.75, 3.05) is 19.6 Å². The van der Waals surface area contributed by atoms with Gasteiger partial charge in [0.25, 0.3) is 0 Å². The van der Waals surface area contributed by atoms with Crippen molar-refractivity contribution in [3.63, 3.8) is 0 Å². The van der Waals surface area contributed by atoms with Crippen molar-refractivity contribution in [3.8, 4) is 0 Å². The molecule has 0 aromatic rings. The molecule has 2 aliphatic rings. The first-order chi connectivity index (χ1) is 8.59. The molecule has 0 atom stereocenters. The Balaban J connectivity index is 2.11. The zero-order chi connectivity index (χ0) is 13.2. The molecule has 0 aromatic heterocycles. The second-order valence-corrected chi connectivity index (χ2v) is 6.49. The zero-order valence-corrected chi connectivity index (χ0v) is 12.2. The minimum Gasteiger partial charge on any atom is -0.337 e. The van der Waals surface area contributed by atoms with Crippen LogP contribution in [0.5, 0.6) is 0 Å². The number of nitrogens with one attached hydrogen (secondary N) is 1. The summed E-state index contributed by atoms with van der Waals surface area (Å²) in [6.07, 6.45) is 5.77. The van der Waals surface area contributed by atoms with E-state index in [2.05, 4.69) is 31.0 Å². The molecule has 1 amide bonds. The maximum atomic E-state index is 13.0. The van der Waals surface area contributed by atoms with Crippen LogP contribution in [0.4, 0.5) is 0 Å². The topological polar surface area (TPSA) is 32.3 Å². The van der Waals surface area contributed by atoms with E-state index in [0.717, 1.165) is 38.9 Å². The van der Waals surface area contributed by atoms with Crippen molar-refractivity contribution in [1.82, 2.24) is 10.2 Å². The average Bonchev–Trinajstić information content (AvgIpc) is 2.70. The number of hydrogen-bond acceptors (Lipinski definition) is 2. The number of rotatable bonds is 5. The summed E-state index contributed by atoms with van der Waals surface area (Å²) < 4.78 is 0. The molecule has 2 rings (SSSR count). The molecule has 0 aromatic carbocycles. The van der Waals surface area contributed by atoms with Crippen molar-refractivity contribution in [2.24, 2.45) is 11.3 Å². The third-order valence-corrected chi connectivity index (χ3v) is 4.62. The van der Waals surface area contributed by atoms with Gasteiger partial charge in [-0.15, -0.1) is 0 Å². The highest BCUT2D eigenvalue weighted by atomic mass is 16.2. The van der Waals surface area contributed by atoms with E-state index in [1.54, 1.807) is 0 Å². The van der Waals surface area contributed by atoms with Gasteiger partial charge in [0.1, 0.15) is 0 Å². The summed E-state index contributed by atoms with van der Waals surface area (Å²) in [6.45, 7) is 9.44. The van der Waals surface area contributed by atoms with Crippen LogP contribution in [0.3, 0.4) is 0 Å². The average molecular weight is 252 g/mol. The standard InChI is InChI=1S/C15H28N2O/c1-4-17(13-10-16-11-13)14(18)15(9-12(2)3)7-5-6-8-15/h12-13,16H,4-11H2,1-3H3. The van der Waals surface area contributed by atoms with Gasteiger partial charge in [0.15, 0.2) is 0 Å². The zero-order valence-electron chi connectivity index (χ0n) is 12.2. The number of carbonyl (C=O) groups excluding carboxylic acids is 1. The first-order valence-corrected chi connectivity index (χ1v) is 7.61. The van der Waals surface area contributed by atoms with Crippen molar-refractivity contribution in [1.29, 1.82) is 0 Å². The molecule has 1 saturated heterocycles. The van der Waals surface area contributed by atoms with Crippen molar-refractivity contribution >= 4 is 5.91 Å². The molecule has 104 valence electrons.